The van der Waals surface area contributed by atoms with Crippen LogP contribution in [0.4, 0.5) is 46.5 Å². The zero-order chi connectivity index (χ0) is 52.7. The van der Waals surface area contributed by atoms with E-state index in [2.05, 4.69) is 20.3 Å². The van der Waals surface area contributed by atoms with Gasteiger partial charge in [0.25, 0.3) is 5.91 Å². The lowest BCUT2D eigenvalue weighted by atomic mass is 9.85. The number of carbonyl (C=O) groups is 3. The Balaban J connectivity index is 0.938. The molecule has 0 radical (unpaired) electrons. The highest BCUT2D eigenvalue weighted by Crippen LogP contribution is 2.44. The Morgan fingerprint density at radius 3 is 2.39 bits per heavy atom. The van der Waals surface area contributed by atoms with E-state index >= 15 is 8.78 Å². The quantitative estimate of drug-likeness (QED) is 0.0582. The van der Waals surface area contributed by atoms with Gasteiger partial charge in [-0.15, -0.1) is 0 Å². The largest absolute Gasteiger partial charge is 0.494 e. The lowest BCUT2D eigenvalue weighted by Gasteiger charge is -2.35. The molecule has 2 aliphatic heterocycles. The first kappa shape index (κ1) is 52.8. The van der Waals surface area contributed by atoms with Crippen molar-refractivity contribution in [1.82, 2.24) is 34.7 Å². The number of nitrogens with zero attached hydrogens (tertiary/aromatic N) is 8. The van der Waals surface area contributed by atoms with Crippen LogP contribution < -0.4 is 19.9 Å². The lowest BCUT2D eigenvalue weighted by molar-refractivity contribution is -0.141. The van der Waals surface area contributed by atoms with Gasteiger partial charge in [-0.3, -0.25) is 24.3 Å². The van der Waals surface area contributed by atoms with Gasteiger partial charge in [-0.05, 0) is 87.5 Å². The van der Waals surface area contributed by atoms with Gasteiger partial charge in [-0.25, -0.2) is 18.7 Å². The maximum atomic E-state index is 15.9. The highest BCUT2D eigenvalue weighted by molar-refractivity contribution is 7.81. The molecular weight excluding hydrogens is 981 g/mol. The van der Waals surface area contributed by atoms with E-state index in [1.807, 2.05) is 32.4 Å². The van der Waals surface area contributed by atoms with Crippen molar-refractivity contribution in [1.29, 1.82) is 5.26 Å². The summed E-state index contributed by atoms with van der Waals surface area (Å²) in [6.45, 7) is 8.20. The number of aromatic amines is 1. The third kappa shape index (κ3) is 10.6. The number of ether oxygens (including phenoxy) is 2. The molecule has 5 heterocycles. The average molecular weight is 1030 g/mol. The maximum absolute atomic E-state index is 15.9. The maximum Gasteiger partial charge on any atom is 0.420 e. The minimum absolute atomic E-state index is 0.0600. The molecule has 72 heavy (non-hydrogen) atoms. The number of aromatic nitrogens is 5. The fourth-order valence-corrected chi connectivity index (χ4v) is 9.10. The topological polar surface area (TPSA) is 175 Å². The molecule has 3 aromatic heterocycles. The number of aryl methyl sites for hydroxylation is 1. The molecular formula is C48H48F8N10O5S. The Hall–Kier alpha value is -7.00. The number of pyridine rings is 1. The number of hydrogen-bond donors (Lipinski definition) is 2. The molecule has 24 heteroatoms. The average Bonchev–Trinajstić information content (AvgIpc) is 4.11. The summed E-state index contributed by atoms with van der Waals surface area (Å²) < 4.78 is 129. The summed E-state index contributed by atoms with van der Waals surface area (Å²) in [6.07, 6.45) is -2.24. The Morgan fingerprint density at radius 2 is 1.75 bits per heavy atom. The van der Waals surface area contributed by atoms with Crippen LogP contribution in [0.15, 0.2) is 61.3 Å². The number of halogens is 8. The number of nitriles is 1. The van der Waals surface area contributed by atoms with Gasteiger partial charge in [-0.2, -0.15) is 31.6 Å². The first-order chi connectivity index (χ1) is 33.7. The van der Waals surface area contributed by atoms with Crippen LogP contribution in [0.1, 0.15) is 88.9 Å². The molecule has 0 unspecified atom stereocenters. The van der Waals surface area contributed by atoms with Gasteiger partial charge in [-0.1, -0.05) is 20.8 Å². The van der Waals surface area contributed by atoms with Crippen molar-refractivity contribution in [3.63, 3.8) is 0 Å². The van der Waals surface area contributed by atoms with Crippen LogP contribution in [0, 0.1) is 28.4 Å². The normalized spacial score (nSPS) is 16.6. The summed E-state index contributed by atoms with van der Waals surface area (Å²) in [7, 11) is 1.85. The van der Waals surface area contributed by atoms with Crippen molar-refractivity contribution in [2.24, 2.45) is 12.5 Å². The number of nitrogens with one attached hydrogen (secondary N) is 2. The fourth-order valence-electron chi connectivity index (χ4n) is 8.59. The van der Waals surface area contributed by atoms with E-state index in [1.54, 1.807) is 23.6 Å². The predicted octanol–water partition coefficient (Wildman–Crippen LogP) is 9.05. The summed E-state index contributed by atoms with van der Waals surface area (Å²) in [5.74, 6) is -4.63. The molecule has 2 aliphatic rings. The number of imidazole rings is 2. The number of unbranched alkanes of at least 4 members (excludes halogenated alkanes) is 1. The molecule has 2 atom stereocenters. The molecule has 382 valence electrons. The van der Waals surface area contributed by atoms with Crippen molar-refractivity contribution in [2.75, 3.05) is 36.2 Å². The second-order valence-corrected chi connectivity index (χ2v) is 19.1. The van der Waals surface area contributed by atoms with Crippen LogP contribution in [-0.2, 0) is 38.5 Å². The van der Waals surface area contributed by atoms with Gasteiger partial charge in [0.2, 0.25) is 11.8 Å². The van der Waals surface area contributed by atoms with Crippen molar-refractivity contribution >= 4 is 46.4 Å². The number of alkyl halides is 6. The zero-order valence-electron chi connectivity index (χ0n) is 39.6. The molecule has 2 N–H and O–H groups in total. The number of rotatable bonds is 15. The summed E-state index contributed by atoms with van der Waals surface area (Å²) in [4.78, 5) is 59.8. The molecule has 2 saturated heterocycles. The Labute approximate surface area is 413 Å². The third-order valence-electron chi connectivity index (χ3n) is 12.2. The van der Waals surface area contributed by atoms with Crippen LogP contribution in [0.3, 0.4) is 0 Å². The SMILES string of the molecule is Cn1cncc1-c1c[nH]c([C@@H]2CCCN2C(=O)[C@@H](NC(=O)COCCCCOc2ccc(-c3ncc(N4C(=S)N(c5ccc(C#N)c(C(F)(F)F)c5F)C(=O)C4(C)C)cc3F)c(C(F)(F)F)c2)C(C)(C)C)n1. The van der Waals surface area contributed by atoms with Crippen molar-refractivity contribution < 1.29 is 59.0 Å². The van der Waals surface area contributed by atoms with E-state index < -0.39 is 91.5 Å². The smallest absolute Gasteiger partial charge is 0.420 e. The Morgan fingerprint density at radius 1 is 1.03 bits per heavy atom. The minimum Gasteiger partial charge on any atom is -0.494 e. The number of benzene rings is 2. The van der Waals surface area contributed by atoms with Crippen molar-refractivity contribution in [3.8, 4) is 34.5 Å². The standard InChI is InChI=1S/C48H48F8N10O5S/c1-45(2,3)40(42(68)64-15-9-10-34(64)41-60-22-32(61-41)35-23-58-25-63(35)6)62-36(67)24-70-16-7-8-17-71-28-12-13-29(30(19-28)47(51,52)53)39-31(49)18-27(21-59-39)66-44(72)65(43(69)46(66,4)5)33-14-11-26(20-57)37(38(33)50)48(54,55)56/h11-14,18-19,21-23,25,34,40H,7-10,15-17,24H2,1-6H3,(H,60,61)(H,62,67)/t34-,40+/m0/s1. The van der Waals surface area contributed by atoms with E-state index in [9.17, 15) is 40.7 Å². The van der Waals surface area contributed by atoms with Crippen LogP contribution in [0.25, 0.3) is 22.6 Å². The fraction of sp³-hybridized carbons (Fsp3) is 0.417. The van der Waals surface area contributed by atoms with Gasteiger partial charge < -0.3 is 34.1 Å². The number of anilines is 2. The van der Waals surface area contributed by atoms with Gasteiger partial charge in [0.1, 0.15) is 46.7 Å². The third-order valence-corrected chi connectivity index (χ3v) is 12.6. The van der Waals surface area contributed by atoms with Crippen LogP contribution in [0.2, 0.25) is 0 Å². The molecule has 0 saturated carbocycles. The first-order valence-electron chi connectivity index (χ1n) is 22.4. The second kappa shape index (κ2) is 20.2. The van der Waals surface area contributed by atoms with Gasteiger partial charge in [0.15, 0.2) is 16.7 Å². The number of H-pyrrole nitrogens is 1. The van der Waals surface area contributed by atoms with E-state index in [-0.39, 0.29) is 43.2 Å². The Kier molecular flexibility index (Phi) is 14.9. The molecule has 2 aromatic carbocycles. The number of likely N-dealkylation sites (tertiary alicyclic amines) is 1. The first-order valence-corrected chi connectivity index (χ1v) is 22.8. The lowest BCUT2D eigenvalue weighted by Crippen LogP contribution is -2.55. The van der Waals surface area contributed by atoms with Crippen molar-refractivity contribution in [2.45, 2.75) is 90.3 Å². The van der Waals surface area contributed by atoms with E-state index in [0.29, 0.717) is 54.4 Å². The van der Waals surface area contributed by atoms with Gasteiger partial charge in [0.05, 0.1) is 65.6 Å². The molecule has 0 bridgehead atoms. The monoisotopic (exact) mass is 1030 g/mol. The molecule has 2 fully saturated rings. The van der Waals surface area contributed by atoms with Crippen LogP contribution in [-0.4, -0.2) is 90.2 Å². The van der Waals surface area contributed by atoms with E-state index in [1.165, 1.54) is 26.0 Å². The molecule has 0 spiro atoms. The highest BCUT2D eigenvalue weighted by atomic mass is 32.1. The van der Waals surface area contributed by atoms with Crippen LogP contribution >= 0.6 is 12.2 Å². The molecule has 15 nitrogen and oxygen atoms in total. The molecule has 5 aromatic rings. The summed E-state index contributed by atoms with van der Waals surface area (Å²) >= 11 is 5.38. The van der Waals surface area contributed by atoms with Crippen LogP contribution in [0.5, 0.6) is 5.75 Å². The highest BCUT2D eigenvalue weighted by Gasteiger charge is 2.52. The van der Waals surface area contributed by atoms with E-state index in [4.69, 9.17) is 31.9 Å². The summed E-state index contributed by atoms with van der Waals surface area (Å²) in [6, 6.07) is 5.04. The number of hydrogen-bond acceptors (Lipinski definition) is 10. The number of carbonyl (C=O) groups excluding carboxylic acids is 3. The molecule has 0 aliphatic carbocycles. The predicted molar refractivity (Wildman–Crippen MR) is 249 cm³/mol. The Bertz CT molecular complexity index is 2940. The summed E-state index contributed by atoms with van der Waals surface area (Å²) in [5, 5.41) is 11.4. The molecule has 3 amide bonds. The van der Waals surface area contributed by atoms with Crippen molar-refractivity contribution in [3.05, 3.63) is 95.5 Å². The second-order valence-electron chi connectivity index (χ2n) is 18.7. The number of thiocarbonyl (C=S) groups is 1. The van der Waals surface area contributed by atoms with Gasteiger partial charge >= 0.3 is 12.4 Å². The molecule has 7 rings (SSSR count). The number of amides is 3. The zero-order valence-corrected chi connectivity index (χ0v) is 40.5. The van der Waals surface area contributed by atoms with Gasteiger partial charge in [0, 0.05) is 38.0 Å². The summed E-state index contributed by atoms with van der Waals surface area (Å²) in [5.41, 5.74) is -7.88. The van der Waals surface area contributed by atoms with E-state index in [0.717, 1.165) is 41.4 Å². The minimum atomic E-state index is -5.33.